The predicted octanol–water partition coefficient (Wildman–Crippen LogP) is 0.891. The van der Waals surface area contributed by atoms with Crippen molar-refractivity contribution in [2.24, 2.45) is 7.05 Å². The molecule has 0 fully saturated rings. The highest BCUT2D eigenvalue weighted by Crippen LogP contribution is 2.30. The van der Waals surface area contributed by atoms with Crippen molar-refractivity contribution in [3.63, 3.8) is 0 Å². The van der Waals surface area contributed by atoms with Gasteiger partial charge in [-0.1, -0.05) is 35.5 Å². The molecule has 2 heterocycles. The lowest BCUT2D eigenvalue weighted by Crippen LogP contribution is -2.41. The van der Waals surface area contributed by atoms with Crippen molar-refractivity contribution in [2.75, 3.05) is 19.4 Å². The Morgan fingerprint density at radius 1 is 1.30 bits per heavy atom. The van der Waals surface area contributed by atoms with Gasteiger partial charge in [-0.25, -0.2) is 8.42 Å². The van der Waals surface area contributed by atoms with E-state index in [2.05, 4.69) is 10.3 Å². The normalized spacial score (nSPS) is 18.8. The van der Waals surface area contributed by atoms with E-state index in [0.717, 1.165) is 11.3 Å². The van der Waals surface area contributed by atoms with Crippen LogP contribution in [0.25, 0.3) is 0 Å². The van der Waals surface area contributed by atoms with E-state index in [1.165, 1.54) is 10.6 Å². The van der Waals surface area contributed by atoms with E-state index >= 15 is 0 Å². The summed E-state index contributed by atoms with van der Waals surface area (Å²) in [6, 6.07) is 9.37. The first-order chi connectivity index (χ1) is 11.0. The van der Waals surface area contributed by atoms with Crippen LogP contribution in [-0.4, -0.2) is 47.1 Å². The van der Waals surface area contributed by atoms with Crippen LogP contribution in [0, 0.1) is 0 Å². The van der Waals surface area contributed by atoms with Gasteiger partial charge >= 0.3 is 0 Å². The first kappa shape index (κ1) is 16.1. The SMILES string of the molecule is Cn1nnc2c1CCN(S(C)(=O)=O)[C@H]2COCc1ccccc1. The fourth-order valence-corrected chi connectivity index (χ4v) is 3.92. The summed E-state index contributed by atoms with van der Waals surface area (Å²) in [6.45, 7) is 1.12. The number of nitrogens with zero attached hydrogens (tertiary/aromatic N) is 4. The number of hydrogen-bond acceptors (Lipinski definition) is 5. The number of sulfonamides is 1. The molecular weight excluding hydrogens is 316 g/mol. The van der Waals surface area contributed by atoms with Gasteiger partial charge in [0.05, 0.1) is 31.2 Å². The van der Waals surface area contributed by atoms with Gasteiger partial charge in [0.15, 0.2) is 0 Å². The molecule has 124 valence electrons. The third-order valence-corrected chi connectivity index (χ3v) is 5.31. The maximum Gasteiger partial charge on any atom is 0.211 e. The van der Waals surface area contributed by atoms with Crippen molar-refractivity contribution in [2.45, 2.75) is 19.1 Å². The maximum atomic E-state index is 12.1. The minimum atomic E-state index is -3.33. The fraction of sp³-hybridized carbons (Fsp3) is 0.467. The molecule has 0 unspecified atom stereocenters. The highest BCUT2D eigenvalue weighted by Gasteiger charge is 2.36. The molecule has 1 aliphatic heterocycles. The Bertz CT molecular complexity index is 773. The number of fused-ring (bicyclic) bond motifs is 1. The average molecular weight is 336 g/mol. The lowest BCUT2D eigenvalue weighted by atomic mass is 10.1. The van der Waals surface area contributed by atoms with E-state index in [1.54, 1.807) is 4.68 Å². The fourth-order valence-electron chi connectivity index (χ4n) is 2.87. The highest BCUT2D eigenvalue weighted by atomic mass is 32.2. The minimum absolute atomic E-state index is 0.258. The average Bonchev–Trinajstić information content (AvgIpc) is 2.89. The van der Waals surface area contributed by atoms with Gasteiger partial charge in [-0.3, -0.25) is 4.68 Å². The van der Waals surface area contributed by atoms with Crippen LogP contribution >= 0.6 is 0 Å². The van der Waals surface area contributed by atoms with Crippen molar-refractivity contribution in [3.05, 3.63) is 47.3 Å². The topological polar surface area (TPSA) is 77.3 Å². The molecule has 1 aromatic heterocycles. The Balaban J connectivity index is 1.78. The lowest BCUT2D eigenvalue weighted by Gasteiger charge is -2.32. The van der Waals surface area contributed by atoms with E-state index in [0.29, 0.717) is 25.3 Å². The molecule has 0 N–H and O–H groups in total. The largest absolute Gasteiger partial charge is 0.375 e. The van der Waals surface area contributed by atoms with Crippen molar-refractivity contribution in [1.29, 1.82) is 0 Å². The zero-order valence-corrected chi connectivity index (χ0v) is 14.0. The molecule has 0 aliphatic carbocycles. The number of ether oxygens (including phenoxy) is 1. The van der Waals surface area contributed by atoms with Crippen LogP contribution in [0.4, 0.5) is 0 Å². The van der Waals surface area contributed by atoms with Crippen LogP contribution in [0.1, 0.15) is 23.0 Å². The molecule has 0 radical (unpaired) electrons. The summed E-state index contributed by atoms with van der Waals surface area (Å²) in [4.78, 5) is 0. The monoisotopic (exact) mass is 336 g/mol. The molecule has 0 saturated heterocycles. The molecule has 1 atom stereocenters. The summed E-state index contributed by atoms with van der Waals surface area (Å²) in [7, 11) is -1.50. The van der Waals surface area contributed by atoms with E-state index in [9.17, 15) is 8.42 Å². The maximum absolute atomic E-state index is 12.1. The van der Waals surface area contributed by atoms with Gasteiger partial charge in [0.25, 0.3) is 0 Å². The van der Waals surface area contributed by atoms with Gasteiger partial charge in [-0.05, 0) is 5.56 Å². The second-order valence-corrected chi connectivity index (χ2v) is 7.62. The number of benzene rings is 1. The number of hydrogen-bond donors (Lipinski definition) is 0. The van der Waals surface area contributed by atoms with Gasteiger partial charge in [0.1, 0.15) is 5.69 Å². The van der Waals surface area contributed by atoms with E-state index in [1.807, 2.05) is 37.4 Å². The number of rotatable bonds is 5. The quantitative estimate of drug-likeness (QED) is 0.810. The second kappa shape index (κ2) is 6.38. The molecule has 7 nitrogen and oxygen atoms in total. The highest BCUT2D eigenvalue weighted by molar-refractivity contribution is 7.88. The molecule has 8 heteroatoms. The van der Waals surface area contributed by atoms with Gasteiger partial charge in [0, 0.05) is 20.0 Å². The Morgan fingerprint density at radius 3 is 2.74 bits per heavy atom. The van der Waals surface area contributed by atoms with E-state index in [4.69, 9.17) is 4.74 Å². The summed E-state index contributed by atoms with van der Waals surface area (Å²) in [6.07, 6.45) is 1.83. The second-order valence-electron chi connectivity index (χ2n) is 5.69. The van der Waals surface area contributed by atoms with Crippen molar-refractivity contribution < 1.29 is 13.2 Å². The Kier molecular flexibility index (Phi) is 4.47. The Morgan fingerprint density at radius 2 is 2.04 bits per heavy atom. The van der Waals surface area contributed by atoms with Crippen LogP contribution < -0.4 is 0 Å². The molecule has 3 rings (SSSR count). The smallest absolute Gasteiger partial charge is 0.211 e. The standard InChI is InChI=1S/C15H20N4O3S/c1-18-13-8-9-19(23(2,20)21)14(15(13)16-17-18)11-22-10-12-6-4-3-5-7-12/h3-7,14H,8-11H2,1-2H3/t14-/m0/s1. The molecule has 23 heavy (non-hydrogen) atoms. The molecule has 2 aromatic rings. The van der Waals surface area contributed by atoms with Gasteiger partial charge < -0.3 is 4.74 Å². The van der Waals surface area contributed by atoms with Crippen molar-refractivity contribution >= 4 is 10.0 Å². The first-order valence-corrected chi connectivity index (χ1v) is 9.28. The molecule has 0 amide bonds. The summed E-state index contributed by atoms with van der Waals surface area (Å²) < 4.78 is 33.1. The summed E-state index contributed by atoms with van der Waals surface area (Å²) in [5.41, 5.74) is 2.71. The summed E-state index contributed by atoms with van der Waals surface area (Å²) in [5.74, 6) is 0. The third-order valence-electron chi connectivity index (χ3n) is 4.02. The zero-order chi connectivity index (χ0) is 16.4. The zero-order valence-electron chi connectivity index (χ0n) is 13.2. The molecule has 0 bridgehead atoms. The Hall–Kier alpha value is -1.77. The minimum Gasteiger partial charge on any atom is -0.375 e. The summed E-state index contributed by atoms with van der Waals surface area (Å²) >= 11 is 0. The van der Waals surface area contributed by atoms with Crippen LogP contribution in [0.2, 0.25) is 0 Å². The molecule has 1 aliphatic rings. The van der Waals surface area contributed by atoms with Crippen LogP contribution in [0.5, 0.6) is 0 Å². The van der Waals surface area contributed by atoms with Crippen LogP contribution in [0.3, 0.4) is 0 Å². The summed E-state index contributed by atoms with van der Waals surface area (Å²) in [5, 5.41) is 8.17. The van der Waals surface area contributed by atoms with Gasteiger partial charge in [-0.15, -0.1) is 5.10 Å². The first-order valence-electron chi connectivity index (χ1n) is 7.44. The molecular formula is C15H20N4O3S. The van der Waals surface area contributed by atoms with Crippen LogP contribution in [-0.2, 0) is 34.8 Å². The van der Waals surface area contributed by atoms with E-state index in [-0.39, 0.29) is 6.61 Å². The predicted molar refractivity (Wildman–Crippen MR) is 85.1 cm³/mol. The van der Waals surface area contributed by atoms with Crippen molar-refractivity contribution in [3.8, 4) is 0 Å². The number of aryl methyl sites for hydroxylation is 1. The van der Waals surface area contributed by atoms with E-state index < -0.39 is 16.1 Å². The molecule has 0 saturated carbocycles. The Labute approximate surface area is 135 Å². The lowest BCUT2D eigenvalue weighted by molar-refractivity contribution is 0.0722. The third kappa shape index (κ3) is 3.44. The number of aromatic nitrogens is 3. The molecule has 0 spiro atoms. The molecule has 1 aromatic carbocycles. The van der Waals surface area contributed by atoms with Crippen LogP contribution in [0.15, 0.2) is 30.3 Å². The van der Waals surface area contributed by atoms with Gasteiger partial charge in [0.2, 0.25) is 10.0 Å². The van der Waals surface area contributed by atoms with Crippen molar-refractivity contribution in [1.82, 2.24) is 19.3 Å². The van der Waals surface area contributed by atoms with Gasteiger partial charge in [-0.2, -0.15) is 4.31 Å².